The first-order valence-corrected chi connectivity index (χ1v) is 8.29. The highest BCUT2D eigenvalue weighted by atomic mass is 32.1. The zero-order valence-corrected chi connectivity index (χ0v) is 13.7. The van der Waals surface area contributed by atoms with Crippen LogP contribution in [-0.2, 0) is 11.2 Å². The Morgan fingerprint density at radius 3 is 2.59 bits per heavy atom. The molecule has 0 aliphatic rings. The quantitative estimate of drug-likeness (QED) is 0.827. The van der Waals surface area contributed by atoms with Crippen LogP contribution in [-0.4, -0.2) is 16.4 Å². The third-order valence-corrected chi connectivity index (χ3v) is 4.72. The highest BCUT2D eigenvalue weighted by molar-refractivity contribution is 7.13. The smallest absolute Gasteiger partial charge is 0.227 e. The van der Waals surface area contributed by atoms with Crippen molar-refractivity contribution in [3.63, 3.8) is 0 Å². The van der Waals surface area contributed by atoms with E-state index < -0.39 is 5.54 Å². The summed E-state index contributed by atoms with van der Waals surface area (Å²) in [6.45, 7) is 3.97. The molecule has 0 unspecified atom stereocenters. The van der Waals surface area contributed by atoms with Gasteiger partial charge in [0.1, 0.15) is 10.5 Å². The van der Waals surface area contributed by atoms with Gasteiger partial charge in [-0.05, 0) is 12.8 Å². The predicted molar refractivity (Wildman–Crippen MR) is 91.5 cm³/mol. The Morgan fingerprint density at radius 1 is 1.32 bits per heavy atom. The molecule has 0 bridgehead atoms. The Bertz CT molecular complexity index is 666. The van der Waals surface area contributed by atoms with E-state index in [4.69, 9.17) is 6.42 Å². The van der Waals surface area contributed by atoms with E-state index in [0.29, 0.717) is 0 Å². The molecule has 0 fully saturated rings. The molecule has 0 spiro atoms. The number of amides is 1. The number of carbonyl (C=O) groups is 1. The van der Waals surface area contributed by atoms with Crippen LogP contribution in [0.1, 0.15) is 32.4 Å². The van der Waals surface area contributed by atoms with E-state index in [1.54, 1.807) is 11.3 Å². The molecule has 0 saturated carbocycles. The largest absolute Gasteiger partial charge is 0.339 e. The summed E-state index contributed by atoms with van der Waals surface area (Å²) in [4.78, 5) is 16.7. The molecule has 0 radical (unpaired) electrons. The summed E-state index contributed by atoms with van der Waals surface area (Å²) < 4.78 is 0. The number of nitrogens with one attached hydrogen (secondary N) is 1. The third-order valence-electron chi connectivity index (χ3n) is 3.78. The average molecular weight is 312 g/mol. The van der Waals surface area contributed by atoms with Gasteiger partial charge in [-0.15, -0.1) is 17.8 Å². The number of benzene rings is 1. The molecule has 1 amide bonds. The monoisotopic (exact) mass is 312 g/mol. The number of terminal acetylenes is 1. The van der Waals surface area contributed by atoms with Crippen LogP contribution in [0.5, 0.6) is 0 Å². The zero-order chi connectivity index (χ0) is 16.0. The molecule has 0 atom stereocenters. The molecule has 2 rings (SSSR count). The normalized spacial score (nSPS) is 11.0. The van der Waals surface area contributed by atoms with Gasteiger partial charge < -0.3 is 5.32 Å². The first kappa shape index (κ1) is 16.3. The summed E-state index contributed by atoms with van der Waals surface area (Å²) in [5.74, 6) is 2.64. The zero-order valence-electron chi connectivity index (χ0n) is 12.9. The molecule has 2 aromatic rings. The van der Waals surface area contributed by atoms with Crippen molar-refractivity contribution in [1.29, 1.82) is 0 Å². The summed E-state index contributed by atoms with van der Waals surface area (Å²) >= 11 is 1.55. The number of carbonyl (C=O) groups excluding carboxylic acids is 1. The number of nitrogens with zero attached hydrogens (tertiary/aromatic N) is 1. The highest BCUT2D eigenvalue weighted by Crippen LogP contribution is 2.23. The molecule has 114 valence electrons. The lowest BCUT2D eigenvalue weighted by Gasteiger charge is -2.26. The third kappa shape index (κ3) is 3.75. The van der Waals surface area contributed by atoms with E-state index in [1.807, 2.05) is 49.6 Å². The van der Waals surface area contributed by atoms with Crippen molar-refractivity contribution >= 4 is 17.2 Å². The van der Waals surface area contributed by atoms with Crippen molar-refractivity contribution < 1.29 is 4.79 Å². The summed E-state index contributed by atoms with van der Waals surface area (Å²) in [5, 5.41) is 5.82. The first-order valence-electron chi connectivity index (χ1n) is 7.41. The van der Waals surface area contributed by atoms with Gasteiger partial charge in [-0.3, -0.25) is 4.79 Å². The molecule has 1 heterocycles. The second kappa shape index (κ2) is 7.24. The van der Waals surface area contributed by atoms with Crippen molar-refractivity contribution in [3.8, 4) is 22.9 Å². The van der Waals surface area contributed by atoms with Gasteiger partial charge in [-0.2, -0.15) is 0 Å². The fourth-order valence-electron chi connectivity index (χ4n) is 2.24. The van der Waals surface area contributed by atoms with Crippen molar-refractivity contribution in [3.05, 3.63) is 41.4 Å². The highest BCUT2D eigenvalue weighted by Gasteiger charge is 2.25. The van der Waals surface area contributed by atoms with Gasteiger partial charge in [0, 0.05) is 10.9 Å². The summed E-state index contributed by atoms with van der Waals surface area (Å²) in [6.07, 6.45) is 7.27. The predicted octanol–water partition coefficient (Wildman–Crippen LogP) is 3.66. The number of aromatic nitrogens is 1. The summed E-state index contributed by atoms with van der Waals surface area (Å²) in [7, 11) is 0. The molecule has 0 aliphatic heterocycles. The molecular formula is C18H20N2OS. The van der Waals surface area contributed by atoms with E-state index in [-0.39, 0.29) is 12.3 Å². The summed E-state index contributed by atoms with van der Waals surface area (Å²) in [5.41, 5.74) is 1.30. The van der Waals surface area contributed by atoms with Gasteiger partial charge in [0.25, 0.3) is 0 Å². The minimum atomic E-state index is -0.546. The first-order chi connectivity index (χ1) is 10.6. The maximum Gasteiger partial charge on any atom is 0.227 e. The number of hydrogen-bond donors (Lipinski definition) is 1. The Kier molecular flexibility index (Phi) is 5.35. The molecule has 3 nitrogen and oxygen atoms in total. The van der Waals surface area contributed by atoms with Gasteiger partial charge in [-0.25, -0.2) is 4.98 Å². The van der Waals surface area contributed by atoms with Gasteiger partial charge in [0.15, 0.2) is 0 Å². The lowest BCUT2D eigenvalue weighted by Crippen LogP contribution is -2.47. The van der Waals surface area contributed by atoms with Crippen molar-refractivity contribution in [2.24, 2.45) is 0 Å². The molecule has 1 aromatic carbocycles. The number of rotatable bonds is 6. The van der Waals surface area contributed by atoms with Gasteiger partial charge in [0.05, 0.1) is 12.1 Å². The average Bonchev–Trinajstić information content (AvgIpc) is 3.02. The fraction of sp³-hybridized carbons (Fsp3) is 0.333. The van der Waals surface area contributed by atoms with E-state index in [9.17, 15) is 4.79 Å². The van der Waals surface area contributed by atoms with Crippen LogP contribution in [0.4, 0.5) is 0 Å². The van der Waals surface area contributed by atoms with E-state index >= 15 is 0 Å². The molecule has 1 N–H and O–H groups in total. The molecule has 4 heteroatoms. The minimum absolute atomic E-state index is 0.0773. The van der Waals surface area contributed by atoms with Crippen LogP contribution in [0.15, 0.2) is 35.7 Å². The maximum absolute atomic E-state index is 12.2. The second-order valence-corrected chi connectivity index (χ2v) is 6.03. The van der Waals surface area contributed by atoms with Gasteiger partial charge >= 0.3 is 0 Å². The Morgan fingerprint density at radius 2 is 2.00 bits per heavy atom. The molecule has 0 aliphatic carbocycles. The maximum atomic E-state index is 12.2. The van der Waals surface area contributed by atoms with Crippen LogP contribution >= 0.6 is 11.3 Å². The van der Waals surface area contributed by atoms with Crippen LogP contribution in [0.2, 0.25) is 0 Å². The lowest BCUT2D eigenvalue weighted by atomic mass is 9.93. The number of hydrogen-bond acceptors (Lipinski definition) is 3. The molecule has 1 aromatic heterocycles. The Labute approximate surface area is 135 Å². The lowest BCUT2D eigenvalue weighted by molar-refractivity contribution is -0.121. The number of thiazole rings is 1. The topological polar surface area (TPSA) is 42.0 Å². The van der Waals surface area contributed by atoms with Crippen LogP contribution in [0.25, 0.3) is 10.6 Å². The molecular weight excluding hydrogens is 292 g/mol. The summed E-state index contributed by atoms with van der Waals surface area (Å²) in [6, 6.07) is 9.96. The van der Waals surface area contributed by atoms with Gasteiger partial charge in [0.2, 0.25) is 5.91 Å². The Balaban J connectivity index is 2.04. The SMILES string of the molecule is C#CC(CC)(CC)NC(=O)Cc1csc(-c2ccccc2)n1. The van der Waals surface area contributed by atoms with Crippen molar-refractivity contribution in [2.45, 2.75) is 38.6 Å². The van der Waals surface area contributed by atoms with Crippen LogP contribution in [0, 0.1) is 12.3 Å². The Hall–Kier alpha value is -2.12. The van der Waals surface area contributed by atoms with Crippen molar-refractivity contribution in [1.82, 2.24) is 10.3 Å². The minimum Gasteiger partial charge on any atom is -0.339 e. The van der Waals surface area contributed by atoms with E-state index in [0.717, 1.165) is 29.1 Å². The van der Waals surface area contributed by atoms with Crippen LogP contribution in [0.3, 0.4) is 0 Å². The van der Waals surface area contributed by atoms with Gasteiger partial charge in [-0.1, -0.05) is 50.1 Å². The van der Waals surface area contributed by atoms with E-state index in [2.05, 4.69) is 16.2 Å². The fourth-order valence-corrected chi connectivity index (χ4v) is 3.07. The molecule has 0 saturated heterocycles. The molecule has 22 heavy (non-hydrogen) atoms. The van der Waals surface area contributed by atoms with Crippen molar-refractivity contribution in [2.75, 3.05) is 0 Å². The van der Waals surface area contributed by atoms with E-state index in [1.165, 1.54) is 0 Å². The van der Waals surface area contributed by atoms with Crippen LogP contribution < -0.4 is 5.32 Å². The second-order valence-electron chi connectivity index (χ2n) is 5.17. The standard InChI is InChI=1S/C18H20N2OS/c1-4-18(5-2,6-3)20-16(21)12-15-13-22-17(19-15)14-10-8-7-9-11-14/h1,7-11,13H,5-6,12H2,2-3H3,(H,20,21).